The van der Waals surface area contributed by atoms with Gasteiger partial charge in [-0.25, -0.2) is 0 Å². The Morgan fingerprint density at radius 3 is 2.63 bits per heavy atom. The van der Waals surface area contributed by atoms with Crippen LogP contribution in [0.4, 0.5) is 0 Å². The molecule has 2 saturated carbocycles. The van der Waals surface area contributed by atoms with Gasteiger partial charge in [0.15, 0.2) is 11.5 Å². The number of carbonyl (C=O) groups excluding carboxylic acids is 1. The molecule has 30 heavy (non-hydrogen) atoms. The van der Waals surface area contributed by atoms with Gasteiger partial charge in [-0.15, -0.1) is 0 Å². The number of carbonyl (C=O) groups is 1. The van der Waals surface area contributed by atoms with Gasteiger partial charge in [0, 0.05) is 25.7 Å². The lowest BCUT2D eigenvalue weighted by Gasteiger charge is -2.41. The Morgan fingerprint density at radius 1 is 1.13 bits per heavy atom. The van der Waals surface area contributed by atoms with Gasteiger partial charge in [-0.3, -0.25) is 4.79 Å². The Hall–Kier alpha value is -1.75. The van der Waals surface area contributed by atoms with Gasteiger partial charge in [-0.1, -0.05) is 31.4 Å². The first kappa shape index (κ1) is 20.2. The molecule has 2 heterocycles. The number of fused-ring (bicyclic) bond motifs is 3. The van der Waals surface area contributed by atoms with Crippen LogP contribution in [0.3, 0.4) is 0 Å². The van der Waals surface area contributed by atoms with Gasteiger partial charge >= 0.3 is 0 Å². The number of piperidine rings is 1. The smallest absolute Gasteiger partial charge is 0.227 e. The van der Waals surface area contributed by atoms with Crippen molar-refractivity contribution in [2.75, 3.05) is 33.4 Å². The molecule has 1 aromatic rings. The third-order valence-electron chi connectivity index (χ3n) is 8.01. The molecule has 1 saturated heterocycles. The highest BCUT2D eigenvalue weighted by Crippen LogP contribution is 2.39. The molecule has 5 heteroatoms. The van der Waals surface area contributed by atoms with Crippen LogP contribution < -0.4 is 14.8 Å². The minimum absolute atomic E-state index is 0.107. The van der Waals surface area contributed by atoms with Crippen LogP contribution >= 0.6 is 0 Å². The fourth-order valence-electron chi connectivity index (χ4n) is 6.44. The van der Waals surface area contributed by atoms with E-state index in [-0.39, 0.29) is 11.8 Å². The summed E-state index contributed by atoms with van der Waals surface area (Å²) >= 11 is 0. The molecule has 1 amide bonds. The molecule has 2 aliphatic carbocycles. The fourth-order valence-corrected chi connectivity index (χ4v) is 6.44. The first-order chi connectivity index (χ1) is 14.7. The maximum atomic E-state index is 13.1. The molecule has 4 aliphatic rings. The van der Waals surface area contributed by atoms with E-state index in [0.717, 1.165) is 29.4 Å². The van der Waals surface area contributed by atoms with Crippen LogP contribution in [0.15, 0.2) is 18.2 Å². The number of rotatable bonds is 5. The number of hydrogen-bond donors (Lipinski definition) is 1. The average Bonchev–Trinajstić information content (AvgIpc) is 3.01. The molecule has 4 atom stereocenters. The van der Waals surface area contributed by atoms with Crippen LogP contribution in [-0.4, -0.2) is 50.2 Å². The van der Waals surface area contributed by atoms with E-state index in [1.165, 1.54) is 64.6 Å². The van der Waals surface area contributed by atoms with Gasteiger partial charge in [-0.05, 0) is 61.5 Å². The lowest BCUT2D eigenvalue weighted by Crippen LogP contribution is -2.55. The van der Waals surface area contributed by atoms with Crippen molar-refractivity contribution in [3.05, 3.63) is 23.8 Å². The third kappa shape index (κ3) is 4.05. The zero-order chi connectivity index (χ0) is 20.5. The van der Waals surface area contributed by atoms with E-state index in [1.807, 2.05) is 18.2 Å². The SMILES string of the molecule is COc1cccc2c1OCC(C(=O)NC1[C@@H]3CC[C@H]1CN(CC1CCCCC1)C3)C2. The summed E-state index contributed by atoms with van der Waals surface area (Å²) < 4.78 is 11.3. The number of hydrogen-bond acceptors (Lipinski definition) is 4. The van der Waals surface area contributed by atoms with Crippen LogP contribution in [0.5, 0.6) is 11.5 Å². The molecule has 1 N–H and O–H groups in total. The second-order valence-electron chi connectivity index (χ2n) is 10.0. The van der Waals surface area contributed by atoms with Crippen LogP contribution in [0.25, 0.3) is 0 Å². The van der Waals surface area contributed by atoms with E-state index >= 15 is 0 Å². The summed E-state index contributed by atoms with van der Waals surface area (Å²) in [4.78, 5) is 15.8. The summed E-state index contributed by atoms with van der Waals surface area (Å²) in [6.07, 6.45) is 10.4. The monoisotopic (exact) mass is 412 g/mol. The Labute approximate surface area is 180 Å². The molecule has 2 bridgehead atoms. The molecular formula is C25H36N2O3. The van der Waals surface area contributed by atoms with Crippen molar-refractivity contribution in [2.45, 2.75) is 57.4 Å². The van der Waals surface area contributed by atoms with Crippen LogP contribution in [0.2, 0.25) is 0 Å². The lowest BCUT2D eigenvalue weighted by molar-refractivity contribution is -0.128. The van der Waals surface area contributed by atoms with Gasteiger partial charge in [0.2, 0.25) is 5.91 Å². The van der Waals surface area contributed by atoms with Crippen molar-refractivity contribution in [2.24, 2.45) is 23.7 Å². The molecule has 0 spiro atoms. The average molecular weight is 413 g/mol. The molecule has 0 aromatic heterocycles. The Balaban J connectivity index is 1.17. The number of nitrogens with one attached hydrogen (secondary N) is 1. The number of methoxy groups -OCH3 is 1. The zero-order valence-electron chi connectivity index (χ0n) is 18.3. The summed E-state index contributed by atoms with van der Waals surface area (Å²) in [7, 11) is 1.66. The fraction of sp³-hybridized carbons (Fsp3) is 0.720. The highest BCUT2D eigenvalue weighted by molar-refractivity contribution is 5.80. The van der Waals surface area contributed by atoms with E-state index in [2.05, 4.69) is 10.2 Å². The molecule has 2 aliphatic heterocycles. The maximum Gasteiger partial charge on any atom is 0.227 e. The van der Waals surface area contributed by atoms with E-state index in [4.69, 9.17) is 9.47 Å². The van der Waals surface area contributed by atoms with Crippen molar-refractivity contribution in [1.29, 1.82) is 0 Å². The summed E-state index contributed by atoms with van der Waals surface area (Å²) in [6.45, 7) is 4.05. The van der Waals surface area contributed by atoms with Crippen molar-refractivity contribution < 1.29 is 14.3 Å². The van der Waals surface area contributed by atoms with Gasteiger partial charge in [-0.2, -0.15) is 0 Å². The van der Waals surface area contributed by atoms with Gasteiger partial charge < -0.3 is 19.7 Å². The van der Waals surface area contributed by atoms with Crippen molar-refractivity contribution in [3.63, 3.8) is 0 Å². The van der Waals surface area contributed by atoms with Gasteiger partial charge in [0.25, 0.3) is 0 Å². The number of likely N-dealkylation sites (tertiary alicyclic amines) is 1. The largest absolute Gasteiger partial charge is 0.493 e. The van der Waals surface area contributed by atoms with Crippen LogP contribution in [0.1, 0.15) is 50.5 Å². The molecule has 2 unspecified atom stereocenters. The predicted molar refractivity (Wildman–Crippen MR) is 117 cm³/mol. The summed E-state index contributed by atoms with van der Waals surface area (Å²) in [6, 6.07) is 6.29. The highest BCUT2D eigenvalue weighted by atomic mass is 16.5. The lowest BCUT2D eigenvalue weighted by atomic mass is 9.86. The van der Waals surface area contributed by atoms with Crippen LogP contribution in [0, 0.1) is 23.7 Å². The maximum absolute atomic E-state index is 13.1. The molecule has 3 fully saturated rings. The number of nitrogens with zero attached hydrogens (tertiary/aromatic N) is 1. The van der Waals surface area contributed by atoms with Crippen molar-refractivity contribution in [1.82, 2.24) is 10.2 Å². The number of ether oxygens (including phenoxy) is 2. The van der Waals surface area contributed by atoms with Crippen molar-refractivity contribution >= 4 is 5.91 Å². The molecule has 5 nitrogen and oxygen atoms in total. The van der Waals surface area contributed by atoms with Gasteiger partial charge in [0.05, 0.1) is 13.0 Å². The number of amides is 1. The first-order valence-electron chi connectivity index (χ1n) is 12.0. The second-order valence-corrected chi connectivity index (χ2v) is 10.0. The summed E-state index contributed by atoms with van der Waals surface area (Å²) in [5.74, 6) is 3.77. The highest BCUT2D eigenvalue weighted by Gasteiger charge is 2.43. The normalized spacial score (nSPS) is 31.6. The standard InChI is InChI=1S/C25H36N2O3/c1-29-22-9-5-8-18-12-21(16-30-24(18)22)25(28)26-23-19-10-11-20(23)15-27(14-19)13-17-6-3-2-4-7-17/h5,8-9,17,19-21,23H,2-4,6-7,10-16H2,1H3,(H,26,28)/t19-,20+,21?,23?. The van der Waals surface area contributed by atoms with Crippen molar-refractivity contribution in [3.8, 4) is 11.5 Å². The second kappa shape index (κ2) is 8.78. The number of para-hydroxylation sites is 1. The first-order valence-corrected chi connectivity index (χ1v) is 12.0. The third-order valence-corrected chi connectivity index (χ3v) is 8.01. The van der Waals surface area contributed by atoms with E-state index < -0.39 is 0 Å². The molecule has 1 aromatic carbocycles. The minimum Gasteiger partial charge on any atom is -0.493 e. The summed E-state index contributed by atoms with van der Waals surface area (Å²) in [5, 5.41) is 3.46. The topological polar surface area (TPSA) is 50.8 Å². The Bertz CT molecular complexity index is 747. The van der Waals surface area contributed by atoms with Crippen LogP contribution in [-0.2, 0) is 11.2 Å². The molecule has 5 rings (SSSR count). The Morgan fingerprint density at radius 2 is 1.90 bits per heavy atom. The van der Waals surface area contributed by atoms with E-state index in [0.29, 0.717) is 24.5 Å². The van der Waals surface area contributed by atoms with Gasteiger partial charge in [0.1, 0.15) is 6.61 Å². The Kier molecular flexibility index (Phi) is 5.90. The quantitative estimate of drug-likeness (QED) is 0.802. The number of benzene rings is 1. The molecule has 164 valence electrons. The predicted octanol–water partition coefficient (Wildman–Crippen LogP) is 3.65. The molecular weight excluding hydrogens is 376 g/mol. The zero-order valence-corrected chi connectivity index (χ0v) is 18.3. The van der Waals surface area contributed by atoms with E-state index in [1.54, 1.807) is 7.11 Å². The summed E-state index contributed by atoms with van der Waals surface area (Å²) in [5.41, 5.74) is 1.08. The van der Waals surface area contributed by atoms with E-state index in [9.17, 15) is 4.79 Å². The minimum atomic E-state index is -0.107. The molecule has 0 radical (unpaired) electrons.